The molecule has 4 aromatic rings. The first kappa shape index (κ1) is 28.4. The molecule has 2 aromatic carbocycles. The lowest BCUT2D eigenvalue weighted by molar-refractivity contribution is -0.692. The minimum atomic E-state index is -4.15. The van der Waals surface area contributed by atoms with E-state index in [1.54, 1.807) is 9.13 Å². The second-order valence-electron chi connectivity index (χ2n) is 7.77. The fourth-order valence-corrected chi connectivity index (χ4v) is 4.77. The van der Waals surface area contributed by atoms with Gasteiger partial charge in [-0.3, -0.25) is 9.13 Å². The summed E-state index contributed by atoms with van der Waals surface area (Å²) in [5.41, 5.74) is 1.74. The van der Waals surface area contributed by atoms with Crippen LogP contribution in [0.15, 0.2) is 73.3 Å². The Bertz CT molecular complexity index is 1300. The standard InChI is InChI=1S/C22H22N2O6P2.2ClH/c25-31(26,27)11-9-23-13-17-5-1-3-7-19(17)21(15-23)22-16-24(10-12-32(28,29)30)14-18-6-2-4-8-20(18)22;;/h1-8,13-16H,9-12H2,(H2-2,25,26,27,28,29,30);2*1H. The summed E-state index contributed by atoms with van der Waals surface area (Å²) >= 11 is 0. The molecule has 0 aliphatic heterocycles. The molecule has 12 heteroatoms. The number of nitrogens with zero attached hydrogens (tertiary/aromatic N) is 2. The van der Waals surface area contributed by atoms with Crippen LogP contribution in [0.5, 0.6) is 0 Å². The number of halogens is 2. The van der Waals surface area contributed by atoms with Gasteiger partial charge in [0.05, 0.1) is 11.1 Å². The minimum Gasteiger partial charge on any atom is -1.00 e. The van der Waals surface area contributed by atoms with Crippen LogP contribution in [-0.4, -0.2) is 31.9 Å². The minimum absolute atomic E-state index is 0. The Morgan fingerprint density at radius 1 is 0.588 bits per heavy atom. The van der Waals surface area contributed by atoms with Gasteiger partial charge in [-0.15, -0.1) is 0 Å². The van der Waals surface area contributed by atoms with E-state index in [4.69, 9.17) is 0 Å². The van der Waals surface area contributed by atoms with Gasteiger partial charge < -0.3 is 44.4 Å². The topological polar surface area (TPSA) is 123 Å². The van der Waals surface area contributed by atoms with Crippen LogP contribution in [0.2, 0.25) is 0 Å². The lowest BCUT2D eigenvalue weighted by Gasteiger charge is -2.10. The van der Waals surface area contributed by atoms with Crippen LogP contribution in [0.4, 0.5) is 0 Å². The molecule has 182 valence electrons. The molecule has 0 atom stereocenters. The van der Waals surface area contributed by atoms with E-state index in [1.165, 1.54) is 0 Å². The highest BCUT2D eigenvalue weighted by atomic mass is 35.5. The summed E-state index contributed by atoms with van der Waals surface area (Å²) in [6.45, 7) is 0.316. The summed E-state index contributed by atoms with van der Waals surface area (Å²) in [4.78, 5) is 37.2. The maximum Gasteiger partial charge on any atom is 0.331 e. The van der Waals surface area contributed by atoms with Gasteiger partial charge in [-0.05, 0) is 12.1 Å². The number of pyridine rings is 2. The van der Waals surface area contributed by atoms with Crippen LogP contribution in [0.1, 0.15) is 0 Å². The van der Waals surface area contributed by atoms with E-state index in [2.05, 4.69) is 0 Å². The van der Waals surface area contributed by atoms with E-state index < -0.39 is 15.2 Å². The Kier molecular flexibility index (Phi) is 9.39. The molecular weight excluding hydrogens is 521 g/mol. The Balaban J connectivity index is 0.00000204. The molecular formula is C22H24Cl2N2O6P2. The fraction of sp³-hybridized carbons (Fsp3) is 0.182. The molecule has 4 rings (SSSR count). The van der Waals surface area contributed by atoms with Crippen LogP contribution in [-0.2, 0) is 22.2 Å². The first-order valence-electron chi connectivity index (χ1n) is 10.0. The third-order valence-corrected chi connectivity index (χ3v) is 6.86. The molecule has 8 nitrogen and oxygen atoms in total. The number of aryl methyl sites for hydroxylation is 2. The van der Waals surface area contributed by atoms with Gasteiger partial charge in [-0.25, -0.2) is 9.13 Å². The first-order valence-corrected chi connectivity index (χ1v) is 13.6. The highest BCUT2D eigenvalue weighted by Gasteiger charge is 2.22. The van der Waals surface area contributed by atoms with Gasteiger partial charge in [-0.1, -0.05) is 36.4 Å². The zero-order valence-electron chi connectivity index (χ0n) is 17.9. The number of fused-ring (bicyclic) bond motifs is 2. The smallest absolute Gasteiger partial charge is 0.331 e. The Labute approximate surface area is 209 Å². The number of rotatable bonds is 7. The average molecular weight is 545 g/mol. The van der Waals surface area contributed by atoms with Crippen molar-refractivity contribution in [2.75, 3.05) is 12.3 Å². The molecule has 0 bridgehead atoms. The molecule has 0 unspecified atom stereocenters. The summed E-state index contributed by atoms with van der Waals surface area (Å²) in [5, 5.41) is 3.78. The maximum atomic E-state index is 11.4. The highest BCUT2D eigenvalue weighted by Crippen LogP contribution is 2.35. The molecule has 0 amide bonds. The fourth-order valence-electron chi connectivity index (χ4n) is 3.79. The number of hydrogen-bond donors (Lipinski definition) is 4. The van der Waals surface area contributed by atoms with Gasteiger partial charge in [0.2, 0.25) is 0 Å². The number of benzene rings is 2. The molecule has 0 spiro atoms. The van der Waals surface area contributed by atoms with Crippen LogP contribution >= 0.6 is 15.2 Å². The zero-order chi connectivity index (χ0) is 22.9. The molecule has 0 saturated heterocycles. The van der Waals surface area contributed by atoms with Gasteiger partial charge in [0.15, 0.2) is 37.9 Å². The van der Waals surface area contributed by atoms with E-state index in [1.807, 2.05) is 73.3 Å². The Hall–Kier alpha value is -1.86. The quantitative estimate of drug-likeness (QED) is 0.142. The van der Waals surface area contributed by atoms with E-state index in [0.29, 0.717) is 0 Å². The normalized spacial score (nSPS) is 11.8. The van der Waals surface area contributed by atoms with Crippen molar-refractivity contribution in [3.63, 3.8) is 0 Å². The maximum absolute atomic E-state index is 11.4. The largest absolute Gasteiger partial charge is 1.00 e. The van der Waals surface area contributed by atoms with Crippen LogP contribution in [0.25, 0.3) is 32.7 Å². The van der Waals surface area contributed by atoms with Gasteiger partial charge in [-0.2, -0.15) is 0 Å². The highest BCUT2D eigenvalue weighted by molar-refractivity contribution is 7.51. The molecule has 4 N–H and O–H groups in total. The summed E-state index contributed by atoms with van der Waals surface area (Å²) in [7, 11) is -8.30. The van der Waals surface area contributed by atoms with Crippen LogP contribution in [0, 0.1) is 0 Å². The molecule has 0 saturated carbocycles. The van der Waals surface area contributed by atoms with E-state index in [9.17, 15) is 28.7 Å². The van der Waals surface area contributed by atoms with Gasteiger partial charge in [0, 0.05) is 21.5 Å². The second kappa shape index (κ2) is 11.3. The van der Waals surface area contributed by atoms with E-state index >= 15 is 0 Å². The molecule has 0 aliphatic carbocycles. The molecule has 34 heavy (non-hydrogen) atoms. The van der Waals surface area contributed by atoms with Crippen molar-refractivity contribution >= 4 is 36.7 Å². The van der Waals surface area contributed by atoms with Crippen molar-refractivity contribution in [3.05, 3.63) is 73.3 Å². The zero-order valence-corrected chi connectivity index (χ0v) is 21.2. The van der Waals surface area contributed by atoms with Gasteiger partial charge in [0.1, 0.15) is 12.3 Å². The van der Waals surface area contributed by atoms with Crippen molar-refractivity contribution in [2.45, 2.75) is 13.1 Å². The Morgan fingerprint density at radius 2 is 0.941 bits per heavy atom. The third kappa shape index (κ3) is 7.08. The van der Waals surface area contributed by atoms with Crippen molar-refractivity contribution in [3.8, 4) is 11.1 Å². The average Bonchev–Trinajstić information content (AvgIpc) is 2.74. The first-order chi connectivity index (χ1) is 15.1. The van der Waals surface area contributed by atoms with E-state index in [0.717, 1.165) is 32.7 Å². The van der Waals surface area contributed by atoms with Crippen molar-refractivity contribution < 1.29 is 62.7 Å². The second-order valence-corrected chi connectivity index (χ2v) is 11.3. The van der Waals surface area contributed by atoms with E-state index in [-0.39, 0.29) is 50.2 Å². The van der Waals surface area contributed by atoms with Crippen molar-refractivity contribution in [1.82, 2.24) is 0 Å². The van der Waals surface area contributed by atoms with Crippen LogP contribution in [0.3, 0.4) is 0 Å². The summed E-state index contributed by atoms with van der Waals surface area (Å²) in [5.74, 6) is 0. The van der Waals surface area contributed by atoms with Gasteiger partial charge >= 0.3 is 15.2 Å². The van der Waals surface area contributed by atoms with Crippen molar-refractivity contribution in [1.29, 1.82) is 0 Å². The monoisotopic (exact) mass is 544 g/mol. The molecule has 0 radical (unpaired) electrons. The van der Waals surface area contributed by atoms with Gasteiger partial charge in [0.25, 0.3) is 0 Å². The summed E-state index contributed by atoms with van der Waals surface area (Å²) in [6, 6.07) is 15.5. The molecule has 0 fully saturated rings. The summed E-state index contributed by atoms with van der Waals surface area (Å²) in [6.07, 6.45) is 6.92. The SMILES string of the molecule is O=P(O)(O)CC[n+]1cc(-c2c[n+](CCP(=O)(O)O)cc3ccccc23)c2ccccc2c1.[Cl-].[Cl-]. The number of aromatic nitrogens is 2. The summed E-state index contributed by atoms with van der Waals surface area (Å²) < 4.78 is 26.4. The predicted octanol–water partition coefficient (Wildman–Crippen LogP) is -3.40. The lowest BCUT2D eigenvalue weighted by Crippen LogP contribution is -3.00. The molecule has 2 heterocycles. The Morgan fingerprint density at radius 3 is 1.29 bits per heavy atom. The number of hydrogen-bond acceptors (Lipinski definition) is 2. The van der Waals surface area contributed by atoms with Crippen LogP contribution < -0.4 is 33.9 Å². The third-order valence-electron chi connectivity index (χ3n) is 5.29. The molecule has 2 aromatic heterocycles. The van der Waals surface area contributed by atoms with Crippen molar-refractivity contribution in [2.24, 2.45) is 0 Å². The molecule has 0 aliphatic rings. The predicted molar refractivity (Wildman–Crippen MR) is 121 cm³/mol. The lowest BCUT2D eigenvalue weighted by atomic mass is 9.97.